The molecule has 1 aliphatic rings. The van der Waals surface area contributed by atoms with Gasteiger partial charge in [0, 0.05) is 31.0 Å². The highest BCUT2D eigenvalue weighted by molar-refractivity contribution is 5.99. The van der Waals surface area contributed by atoms with E-state index in [9.17, 15) is 14.9 Å². The third-order valence-corrected chi connectivity index (χ3v) is 3.55. The second-order valence-electron chi connectivity index (χ2n) is 4.87. The van der Waals surface area contributed by atoms with Gasteiger partial charge in [-0.3, -0.25) is 14.9 Å². The molecule has 7 nitrogen and oxygen atoms in total. The van der Waals surface area contributed by atoms with Crippen LogP contribution in [-0.4, -0.2) is 30.1 Å². The van der Waals surface area contributed by atoms with E-state index in [1.54, 1.807) is 7.11 Å². The molecule has 2 rings (SSSR count). The van der Waals surface area contributed by atoms with Crippen LogP contribution in [0.25, 0.3) is 0 Å². The van der Waals surface area contributed by atoms with Crippen LogP contribution in [0.2, 0.25) is 0 Å². The Labute approximate surface area is 116 Å². The van der Waals surface area contributed by atoms with E-state index in [-0.39, 0.29) is 35.0 Å². The molecule has 0 saturated heterocycles. The monoisotopic (exact) mass is 279 g/mol. The van der Waals surface area contributed by atoms with Gasteiger partial charge in [0.1, 0.15) is 0 Å². The Bertz CT molecular complexity index is 532. The number of nitrogens with two attached hydrogens (primary N) is 1. The molecule has 3 N–H and O–H groups in total. The van der Waals surface area contributed by atoms with Gasteiger partial charge in [-0.2, -0.15) is 0 Å². The SMILES string of the molecule is COC1CCC(NC(=O)c2cc([N+](=O)[O-])ccc2N)C1. The summed E-state index contributed by atoms with van der Waals surface area (Å²) in [5.74, 6) is -0.382. The number of ether oxygens (including phenoxy) is 1. The number of carbonyl (C=O) groups excluding carboxylic acids is 1. The molecule has 0 radical (unpaired) electrons. The van der Waals surface area contributed by atoms with Crippen molar-refractivity contribution in [2.75, 3.05) is 12.8 Å². The fraction of sp³-hybridized carbons (Fsp3) is 0.462. The first kappa shape index (κ1) is 14.3. The maximum atomic E-state index is 12.1. The number of rotatable bonds is 4. The predicted molar refractivity (Wildman–Crippen MR) is 73.4 cm³/mol. The van der Waals surface area contributed by atoms with Gasteiger partial charge in [0.2, 0.25) is 0 Å². The average molecular weight is 279 g/mol. The van der Waals surface area contributed by atoms with Gasteiger partial charge in [-0.15, -0.1) is 0 Å². The number of hydrogen-bond donors (Lipinski definition) is 2. The highest BCUT2D eigenvalue weighted by Gasteiger charge is 2.26. The van der Waals surface area contributed by atoms with Gasteiger partial charge < -0.3 is 15.8 Å². The molecule has 108 valence electrons. The van der Waals surface area contributed by atoms with E-state index in [1.165, 1.54) is 18.2 Å². The lowest BCUT2D eigenvalue weighted by molar-refractivity contribution is -0.384. The van der Waals surface area contributed by atoms with Crippen molar-refractivity contribution in [2.45, 2.75) is 31.4 Å². The number of amides is 1. The minimum absolute atomic E-state index is 0.0195. The van der Waals surface area contributed by atoms with Gasteiger partial charge in [0.05, 0.1) is 16.6 Å². The lowest BCUT2D eigenvalue weighted by atomic mass is 10.1. The van der Waals surface area contributed by atoms with Crippen LogP contribution in [0.3, 0.4) is 0 Å². The number of methoxy groups -OCH3 is 1. The van der Waals surface area contributed by atoms with Crippen molar-refractivity contribution in [3.8, 4) is 0 Å². The quantitative estimate of drug-likeness (QED) is 0.493. The van der Waals surface area contributed by atoms with E-state index in [0.29, 0.717) is 0 Å². The lowest BCUT2D eigenvalue weighted by Crippen LogP contribution is -2.33. The number of nitro benzene ring substituents is 1. The van der Waals surface area contributed by atoms with Gasteiger partial charge in [-0.05, 0) is 25.3 Å². The molecule has 2 atom stereocenters. The van der Waals surface area contributed by atoms with E-state index < -0.39 is 4.92 Å². The number of nitrogens with one attached hydrogen (secondary N) is 1. The fourth-order valence-electron chi connectivity index (χ4n) is 2.40. The molecule has 20 heavy (non-hydrogen) atoms. The summed E-state index contributed by atoms with van der Waals surface area (Å²) >= 11 is 0. The number of hydrogen-bond acceptors (Lipinski definition) is 5. The summed E-state index contributed by atoms with van der Waals surface area (Å²) in [5.41, 5.74) is 5.93. The highest BCUT2D eigenvalue weighted by Crippen LogP contribution is 2.23. The van der Waals surface area contributed by atoms with Crippen LogP contribution in [0.15, 0.2) is 18.2 Å². The lowest BCUT2D eigenvalue weighted by Gasteiger charge is -2.13. The number of anilines is 1. The number of nitrogen functional groups attached to an aromatic ring is 1. The number of benzene rings is 1. The van der Waals surface area contributed by atoms with Gasteiger partial charge in [0.25, 0.3) is 11.6 Å². The van der Waals surface area contributed by atoms with Crippen molar-refractivity contribution in [3.63, 3.8) is 0 Å². The number of non-ortho nitro benzene ring substituents is 1. The largest absolute Gasteiger partial charge is 0.398 e. The third-order valence-electron chi connectivity index (χ3n) is 3.55. The standard InChI is InChI=1S/C13H17N3O4/c1-20-10-4-2-8(6-10)15-13(17)11-7-9(16(18)19)3-5-12(11)14/h3,5,7-8,10H,2,4,6,14H2,1H3,(H,15,17). The van der Waals surface area contributed by atoms with Crippen molar-refractivity contribution < 1.29 is 14.5 Å². The zero-order valence-electron chi connectivity index (χ0n) is 11.2. The summed E-state index contributed by atoms with van der Waals surface area (Å²) < 4.78 is 5.24. The Kier molecular flexibility index (Phi) is 4.19. The predicted octanol–water partition coefficient (Wildman–Crippen LogP) is 1.47. The van der Waals surface area contributed by atoms with Crippen LogP contribution in [0.4, 0.5) is 11.4 Å². The Morgan fingerprint density at radius 1 is 1.50 bits per heavy atom. The molecule has 0 spiro atoms. The minimum Gasteiger partial charge on any atom is -0.398 e. The van der Waals surface area contributed by atoms with Gasteiger partial charge in [-0.1, -0.05) is 0 Å². The van der Waals surface area contributed by atoms with Crippen LogP contribution in [0.1, 0.15) is 29.6 Å². The molecule has 0 aromatic heterocycles. The number of carbonyl (C=O) groups is 1. The minimum atomic E-state index is -0.549. The zero-order chi connectivity index (χ0) is 14.7. The van der Waals surface area contributed by atoms with Crippen molar-refractivity contribution in [3.05, 3.63) is 33.9 Å². The molecule has 0 bridgehead atoms. The normalized spacial score (nSPS) is 21.6. The molecule has 1 aliphatic carbocycles. The van der Waals surface area contributed by atoms with Crippen molar-refractivity contribution in [1.29, 1.82) is 0 Å². The zero-order valence-corrected chi connectivity index (χ0v) is 11.2. The third kappa shape index (κ3) is 3.05. The van der Waals surface area contributed by atoms with Crippen LogP contribution in [0.5, 0.6) is 0 Å². The molecule has 1 fully saturated rings. The molecule has 7 heteroatoms. The molecule has 0 heterocycles. The van der Waals surface area contributed by atoms with Crippen LogP contribution >= 0.6 is 0 Å². The van der Waals surface area contributed by atoms with Crippen LogP contribution < -0.4 is 11.1 Å². The Morgan fingerprint density at radius 3 is 2.85 bits per heavy atom. The van der Waals surface area contributed by atoms with E-state index in [0.717, 1.165) is 19.3 Å². The maximum Gasteiger partial charge on any atom is 0.270 e. The second-order valence-corrected chi connectivity index (χ2v) is 4.87. The van der Waals surface area contributed by atoms with Gasteiger partial charge in [0.15, 0.2) is 0 Å². The molecular weight excluding hydrogens is 262 g/mol. The summed E-state index contributed by atoms with van der Waals surface area (Å²) in [7, 11) is 1.65. The van der Waals surface area contributed by atoms with E-state index in [2.05, 4.69) is 5.32 Å². The van der Waals surface area contributed by atoms with Gasteiger partial charge >= 0.3 is 0 Å². The molecule has 1 amide bonds. The summed E-state index contributed by atoms with van der Waals surface area (Å²) in [5, 5.41) is 13.6. The molecule has 0 aliphatic heterocycles. The van der Waals surface area contributed by atoms with Crippen LogP contribution in [0, 0.1) is 10.1 Å². The van der Waals surface area contributed by atoms with Crippen LogP contribution in [-0.2, 0) is 4.74 Å². The summed E-state index contributed by atoms with van der Waals surface area (Å²) in [6.07, 6.45) is 2.63. The Hall–Kier alpha value is -2.15. The molecule has 1 saturated carbocycles. The Morgan fingerprint density at radius 2 is 2.25 bits per heavy atom. The molecular formula is C13H17N3O4. The number of nitrogens with zero attached hydrogens (tertiary/aromatic N) is 1. The number of nitro groups is 1. The molecule has 1 aromatic rings. The topological polar surface area (TPSA) is 107 Å². The summed E-state index contributed by atoms with van der Waals surface area (Å²) in [6, 6.07) is 3.88. The second kappa shape index (κ2) is 5.87. The molecule has 2 unspecified atom stereocenters. The fourth-order valence-corrected chi connectivity index (χ4v) is 2.40. The van der Waals surface area contributed by atoms with E-state index >= 15 is 0 Å². The van der Waals surface area contributed by atoms with Gasteiger partial charge in [-0.25, -0.2) is 0 Å². The Balaban J connectivity index is 2.09. The maximum absolute atomic E-state index is 12.1. The first-order chi connectivity index (χ1) is 9.51. The summed E-state index contributed by atoms with van der Waals surface area (Å²) in [6.45, 7) is 0. The highest BCUT2D eigenvalue weighted by atomic mass is 16.6. The first-order valence-corrected chi connectivity index (χ1v) is 6.39. The first-order valence-electron chi connectivity index (χ1n) is 6.39. The smallest absolute Gasteiger partial charge is 0.270 e. The summed E-state index contributed by atoms with van der Waals surface area (Å²) in [4.78, 5) is 22.3. The molecule has 1 aromatic carbocycles. The van der Waals surface area contributed by atoms with Crippen molar-refractivity contribution in [2.24, 2.45) is 0 Å². The van der Waals surface area contributed by atoms with Crippen molar-refractivity contribution >= 4 is 17.3 Å². The van der Waals surface area contributed by atoms with E-state index in [4.69, 9.17) is 10.5 Å². The average Bonchev–Trinajstić information content (AvgIpc) is 2.86. The van der Waals surface area contributed by atoms with Crippen molar-refractivity contribution in [1.82, 2.24) is 5.32 Å². The van der Waals surface area contributed by atoms with E-state index in [1.807, 2.05) is 0 Å².